The van der Waals surface area contributed by atoms with Gasteiger partial charge < -0.3 is 14.7 Å². The normalized spacial score (nSPS) is 12.8. The molecule has 0 saturated heterocycles. The molecule has 59 heavy (non-hydrogen) atoms. The van der Waals surface area contributed by atoms with Crippen LogP contribution in [-0.4, -0.2) is 0 Å². The van der Waals surface area contributed by atoms with E-state index in [1.165, 1.54) is 44.2 Å². The zero-order chi connectivity index (χ0) is 39.9. The lowest BCUT2D eigenvalue weighted by atomic mass is 9.98. The van der Waals surface area contributed by atoms with E-state index < -0.39 is 0 Å². The summed E-state index contributed by atoms with van der Waals surface area (Å²) in [5.41, 5.74) is 18.0. The lowest BCUT2D eigenvalue weighted by Gasteiger charge is -2.30. The van der Waals surface area contributed by atoms with Crippen molar-refractivity contribution in [2.45, 2.75) is 26.7 Å². The molecule has 9 aromatic rings. The van der Waals surface area contributed by atoms with E-state index in [4.69, 9.17) is 0 Å². The average Bonchev–Trinajstić information content (AvgIpc) is 3.57. The van der Waals surface area contributed by atoms with E-state index in [2.05, 4.69) is 248 Å². The number of hydrogen-bond donors (Lipinski definition) is 0. The van der Waals surface area contributed by atoms with Crippen LogP contribution in [0.2, 0.25) is 0 Å². The number of rotatable bonds is 9. The molecule has 0 radical (unpaired) electrons. The van der Waals surface area contributed by atoms with Crippen molar-refractivity contribution in [3.63, 3.8) is 0 Å². The molecule has 1 aliphatic carbocycles. The minimum Gasteiger partial charge on any atom is -0.310 e. The Morgan fingerprint density at radius 2 is 0.797 bits per heavy atom. The molecule has 284 valence electrons. The van der Waals surface area contributed by atoms with Crippen molar-refractivity contribution in [1.29, 1.82) is 0 Å². The van der Waals surface area contributed by atoms with Gasteiger partial charge in [-0.2, -0.15) is 0 Å². The second-order valence-corrected chi connectivity index (χ2v) is 15.6. The van der Waals surface area contributed by atoms with Crippen LogP contribution in [0.1, 0.15) is 35.1 Å². The summed E-state index contributed by atoms with van der Waals surface area (Å²) in [6.45, 7) is 6.75. The molecular formula is C56H45N3. The molecule has 0 amide bonds. The summed E-state index contributed by atoms with van der Waals surface area (Å²) in [6, 6.07) is 77.0. The fourth-order valence-electron chi connectivity index (χ4n) is 8.98. The lowest BCUT2D eigenvalue weighted by molar-refractivity contribution is 0.956. The first kappa shape index (κ1) is 36.0. The Morgan fingerprint density at radius 3 is 1.46 bits per heavy atom. The van der Waals surface area contributed by atoms with E-state index in [-0.39, 0.29) is 0 Å². The van der Waals surface area contributed by atoms with Crippen molar-refractivity contribution >= 4 is 62.0 Å². The Hall–Kier alpha value is -7.36. The second-order valence-electron chi connectivity index (χ2n) is 15.6. The fourth-order valence-corrected chi connectivity index (χ4v) is 8.98. The topological polar surface area (TPSA) is 9.72 Å². The molecule has 0 fully saturated rings. The predicted octanol–water partition coefficient (Wildman–Crippen LogP) is 16.0. The van der Waals surface area contributed by atoms with Gasteiger partial charge in [0.2, 0.25) is 0 Å². The van der Waals surface area contributed by atoms with Gasteiger partial charge in [-0.05, 0) is 161 Å². The Bertz CT molecular complexity index is 2880. The minimum absolute atomic E-state index is 0.313. The van der Waals surface area contributed by atoms with Crippen LogP contribution in [0, 0.1) is 13.8 Å². The second kappa shape index (κ2) is 15.2. The molecule has 0 N–H and O–H groups in total. The van der Waals surface area contributed by atoms with Crippen LogP contribution in [0.15, 0.2) is 212 Å². The number of benzene rings is 9. The van der Waals surface area contributed by atoms with Crippen LogP contribution in [0.25, 0.3) is 21.9 Å². The molecule has 3 heteroatoms. The van der Waals surface area contributed by atoms with Gasteiger partial charge in [0, 0.05) is 57.1 Å². The summed E-state index contributed by atoms with van der Waals surface area (Å²) in [6.07, 6.45) is 0. The standard InChI is InChI=1S/C56H45N3/c1-39-17-13-16-26-56(39)59(45-22-11-6-12-23-45)47-31-29-46(30-32-47)58(49-33-34-53-52-25-15-14-24-51(52)41(3)55(53)38-49)48-28-27-42-36-50(35-40(2)54(42)37-48)57(43-18-7-4-8-19-43)44-20-9-5-10-21-44/h4-38,41H,1-3H3. The van der Waals surface area contributed by atoms with Crippen molar-refractivity contribution in [1.82, 2.24) is 0 Å². The fraction of sp³-hybridized carbons (Fsp3) is 0.0714. The third-order valence-corrected chi connectivity index (χ3v) is 11.9. The van der Waals surface area contributed by atoms with Gasteiger partial charge in [0.15, 0.2) is 0 Å². The largest absolute Gasteiger partial charge is 0.310 e. The van der Waals surface area contributed by atoms with Gasteiger partial charge in [-0.25, -0.2) is 0 Å². The first-order valence-corrected chi connectivity index (χ1v) is 20.5. The third kappa shape index (κ3) is 6.61. The van der Waals surface area contributed by atoms with E-state index in [1.807, 2.05) is 0 Å². The number of nitrogens with zero attached hydrogens (tertiary/aromatic N) is 3. The van der Waals surface area contributed by atoms with Crippen LogP contribution in [0.3, 0.4) is 0 Å². The Labute approximate surface area is 347 Å². The van der Waals surface area contributed by atoms with Gasteiger partial charge in [-0.1, -0.05) is 116 Å². The summed E-state index contributed by atoms with van der Waals surface area (Å²) in [5.74, 6) is 0.313. The smallest absolute Gasteiger partial charge is 0.0490 e. The van der Waals surface area contributed by atoms with Gasteiger partial charge in [0.05, 0.1) is 0 Å². The summed E-state index contributed by atoms with van der Waals surface area (Å²) in [4.78, 5) is 7.12. The molecule has 0 bridgehead atoms. The molecule has 0 saturated carbocycles. The van der Waals surface area contributed by atoms with Gasteiger partial charge >= 0.3 is 0 Å². The molecule has 0 heterocycles. The van der Waals surface area contributed by atoms with Crippen LogP contribution < -0.4 is 14.7 Å². The SMILES string of the molecule is Cc1ccccc1N(c1ccccc1)c1ccc(N(c2ccc3c(c2)C(C)c2ccccc2-3)c2ccc3cc(N(c4ccccc4)c4ccccc4)cc(C)c3c2)cc1. The summed E-state index contributed by atoms with van der Waals surface area (Å²) >= 11 is 0. The predicted molar refractivity (Wildman–Crippen MR) is 250 cm³/mol. The molecule has 0 spiro atoms. The molecule has 1 unspecified atom stereocenters. The summed E-state index contributed by atoms with van der Waals surface area (Å²) in [5, 5.41) is 2.43. The van der Waals surface area contributed by atoms with Crippen LogP contribution in [-0.2, 0) is 0 Å². The molecule has 9 aromatic carbocycles. The van der Waals surface area contributed by atoms with Crippen molar-refractivity contribution < 1.29 is 0 Å². The van der Waals surface area contributed by atoms with E-state index >= 15 is 0 Å². The minimum atomic E-state index is 0.313. The maximum absolute atomic E-state index is 2.42. The number of anilines is 9. The maximum Gasteiger partial charge on any atom is 0.0490 e. The van der Waals surface area contributed by atoms with Gasteiger partial charge in [0.25, 0.3) is 0 Å². The highest BCUT2D eigenvalue weighted by Crippen LogP contribution is 2.48. The van der Waals surface area contributed by atoms with Crippen LogP contribution >= 0.6 is 0 Å². The molecule has 1 atom stereocenters. The zero-order valence-electron chi connectivity index (χ0n) is 33.6. The lowest BCUT2D eigenvalue weighted by Crippen LogP contribution is -2.13. The molecule has 1 aliphatic rings. The molecule has 0 aromatic heterocycles. The first-order chi connectivity index (χ1) is 29.0. The quantitative estimate of drug-likeness (QED) is 0.145. The maximum atomic E-state index is 2.42. The number of para-hydroxylation sites is 4. The molecule has 0 aliphatic heterocycles. The zero-order valence-corrected chi connectivity index (χ0v) is 33.6. The molecule has 10 rings (SSSR count). The van der Waals surface area contributed by atoms with Crippen molar-refractivity contribution in [3.8, 4) is 11.1 Å². The van der Waals surface area contributed by atoms with Gasteiger partial charge in [-0.3, -0.25) is 0 Å². The van der Waals surface area contributed by atoms with Gasteiger partial charge in [-0.15, -0.1) is 0 Å². The van der Waals surface area contributed by atoms with Crippen LogP contribution in [0.5, 0.6) is 0 Å². The summed E-state index contributed by atoms with van der Waals surface area (Å²) in [7, 11) is 0. The monoisotopic (exact) mass is 759 g/mol. The Kier molecular flexibility index (Phi) is 9.27. The Balaban J connectivity index is 1.10. The highest BCUT2D eigenvalue weighted by molar-refractivity contribution is 5.96. The van der Waals surface area contributed by atoms with Crippen molar-refractivity contribution in [2.75, 3.05) is 14.7 Å². The van der Waals surface area contributed by atoms with E-state index in [0.29, 0.717) is 5.92 Å². The number of fused-ring (bicyclic) bond motifs is 4. The molecular weight excluding hydrogens is 715 g/mol. The number of hydrogen-bond acceptors (Lipinski definition) is 3. The highest BCUT2D eigenvalue weighted by atomic mass is 15.2. The Morgan fingerprint density at radius 1 is 0.322 bits per heavy atom. The van der Waals surface area contributed by atoms with Gasteiger partial charge in [0.1, 0.15) is 0 Å². The number of aryl methyl sites for hydroxylation is 2. The van der Waals surface area contributed by atoms with E-state index in [9.17, 15) is 0 Å². The third-order valence-electron chi connectivity index (χ3n) is 11.9. The molecule has 3 nitrogen and oxygen atoms in total. The van der Waals surface area contributed by atoms with Crippen molar-refractivity contribution in [2.24, 2.45) is 0 Å². The van der Waals surface area contributed by atoms with E-state index in [1.54, 1.807) is 0 Å². The highest BCUT2D eigenvalue weighted by Gasteiger charge is 2.27. The van der Waals surface area contributed by atoms with Crippen molar-refractivity contribution in [3.05, 3.63) is 235 Å². The van der Waals surface area contributed by atoms with Crippen LogP contribution in [0.4, 0.5) is 51.2 Å². The average molecular weight is 760 g/mol. The first-order valence-electron chi connectivity index (χ1n) is 20.5. The van der Waals surface area contributed by atoms with E-state index in [0.717, 1.165) is 51.2 Å². The summed E-state index contributed by atoms with van der Waals surface area (Å²) < 4.78 is 0.